The number of hydrogen-bond donors (Lipinski definition) is 1. The van der Waals surface area contributed by atoms with Gasteiger partial charge < -0.3 is 0 Å². The molecule has 3 nitrogen and oxygen atoms in total. The molecule has 0 spiro atoms. The maximum absolute atomic E-state index is 13.6. The number of benzene rings is 2. The lowest BCUT2D eigenvalue weighted by Gasteiger charge is -2.02. The highest BCUT2D eigenvalue weighted by Gasteiger charge is 2.14. The molecule has 0 fully saturated rings. The molecule has 0 saturated heterocycles. The fourth-order valence-corrected chi connectivity index (χ4v) is 3.02. The predicted molar refractivity (Wildman–Crippen MR) is 84.0 cm³/mol. The van der Waals surface area contributed by atoms with Crippen LogP contribution in [-0.2, 0) is 0 Å². The number of carbonyl (C=O) groups excluding carboxylic acids is 1. The van der Waals surface area contributed by atoms with Crippen molar-refractivity contribution in [2.45, 2.75) is 0 Å². The first-order valence-corrected chi connectivity index (χ1v) is 7.53. The Kier molecular flexibility index (Phi) is 3.99. The Labute approximate surface area is 137 Å². The number of fused-ring (bicyclic) bond motifs is 1. The molecule has 1 heterocycles. The van der Waals surface area contributed by atoms with Crippen LogP contribution in [0.2, 0.25) is 10.0 Å². The van der Waals surface area contributed by atoms with E-state index in [4.69, 9.17) is 23.2 Å². The van der Waals surface area contributed by atoms with Crippen LogP contribution in [0.4, 0.5) is 13.9 Å². The molecule has 0 aliphatic carbocycles. The standard InChI is InChI=1S/C14H6Cl2F2N2OS/c15-8-2-1-6(3-9(8)16)13(21)20-14-19-12-10(18)4-7(17)5-11(12)22-14/h1-5H,(H,19,20,21). The van der Waals surface area contributed by atoms with Crippen LogP contribution < -0.4 is 5.32 Å². The average molecular weight is 359 g/mol. The third-order valence-corrected chi connectivity index (χ3v) is 4.47. The quantitative estimate of drug-likeness (QED) is 0.689. The third kappa shape index (κ3) is 2.90. The molecule has 3 aromatic rings. The van der Waals surface area contributed by atoms with Gasteiger partial charge in [0.2, 0.25) is 0 Å². The van der Waals surface area contributed by atoms with E-state index in [0.717, 1.165) is 23.5 Å². The first kappa shape index (κ1) is 15.1. The molecule has 1 amide bonds. The van der Waals surface area contributed by atoms with Gasteiger partial charge in [-0.2, -0.15) is 0 Å². The van der Waals surface area contributed by atoms with Crippen molar-refractivity contribution in [1.82, 2.24) is 4.98 Å². The molecule has 0 bridgehead atoms. The zero-order valence-electron chi connectivity index (χ0n) is 10.7. The summed E-state index contributed by atoms with van der Waals surface area (Å²) in [6, 6.07) is 6.30. The molecule has 0 radical (unpaired) electrons. The Hall–Kier alpha value is -1.76. The summed E-state index contributed by atoms with van der Waals surface area (Å²) in [6.45, 7) is 0. The maximum Gasteiger partial charge on any atom is 0.257 e. The van der Waals surface area contributed by atoms with E-state index in [9.17, 15) is 13.6 Å². The highest BCUT2D eigenvalue weighted by molar-refractivity contribution is 7.22. The number of anilines is 1. The Morgan fingerprint density at radius 3 is 2.64 bits per heavy atom. The van der Waals surface area contributed by atoms with Crippen LogP contribution >= 0.6 is 34.5 Å². The first-order chi connectivity index (χ1) is 10.4. The molecular weight excluding hydrogens is 353 g/mol. The van der Waals surface area contributed by atoms with Gasteiger partial charge in [0.05, 0.1) is 14.7 Å². The molecule has 2 aromatic carbocycles. The minimum absolute atomic E-state index is 0.0100. The molecule has 112 valence electrons. The lowest BCUT2D eigenvalue weighted by molar-refractivity contribution is 0.102. The monoisotopic (exact) mass is 358 g/mol. The van der Waals surface area contributed by atoms with Crippen molar-refractivity contribution >= 4 is 55.8 Å². The van der Waals surface area contributed by atoms with Gasteiger partial charge in [0.15, 0.2) is 10.9 Å². The number of thiazole rings is 1. The normalized spacial score (nSPS) is 10.9. The summed E-state index contributed by atoms with van der Waals surface area (Å²) >= 11 is 12.6. The molecule has 0 atom stereocenters. The number of halogens is 4. The van der Waals surface area contributed by atoms with E-state index in [1.165, 1.54) is 18.2 Å². The molecule has 22 heavy (non-hydrogen) atoms. The Morgan fingerprint density at radius 1 is 1.14 bits per heavy atom. The van der Waals surface area contributed by atoms with Crippen LogP contribution in [0.5, 0.6) is 0 Å². The average Bonchev–Trinajstić information content (AvgIpc) is 2.84. The van der Waals surface area contributed by atoms with E-state index in [0.29, 0.717) is 9.72 Å². The zero-order valence-corrected chi connectivity index (χ0v) is 13.0. The van der Waals surface area contributed by atoms with E-state index in [1.807, 2.05) is 0 Å². The highest BCUT2D eigenvalue weighted by Crippen LogP contribution is 2.29. The molecule has 0 aliphatic rings. The topological polar surface area (TPSA) is 42.0 Å². The molecule has 1 aromatic heterocycles. The van der Waals surface area contributed by atoms with Crippen molar-refractivity contribution in [3.63, 3.8) is 0 Å². The lowest BCUT2D eigenvalue weighted by atomic mass is 10.2. The predicted octanol–water partition coefficient (Wildman–Crippen LogP) is 5.13. The summed E-state index contributed by atoms with van der Waals surface area (Å²) in [5.41, 5.74) is 0.288. The van der Waals surface area contributed by atoms with E-state index >= 15 is 0 Å². The molecule has 0 aliphatic heterocycles. The van der Waals surface area contributed by atoms with Crippen molar-refractivity contribution < 1.29 is 13.6 Å². The van der Waals surface area contributed by atoms with Crippen molar-refractivity contribution in [2.75, 3.05) is 5.32 Å². The summed E-state index contributed by atoms with van der Waals surface area (Å²) in [5.74, 6) is -1.95. The van der Waals surface area contributed by atoms with Gasteiger partial charge in [-0.25, -0.2) is 13.8 Å². The SMILES string of the molecule is O=C(Nc1nc2c(F)cc(F)cc2s1)c1ccc(Cl)c(Cl)c1. The van der Waals surface area contributed by atoms with Crippen LogP contribution in [0.15, 0.2) is 30.3 Å². The van der Waals surface area contributed by atoms with Crippen molar-refractivity contribution in [2.24, 2.45) is 0 Å². The minimum Gasteiger partial charge on any atom is -0.298 e. The number of nitrogens with one attached hydrogen (secondary N) is 1. The van der Waals surface area contributed by atoms with E-state index in [1.54, 1.807) is 0 Å². The van der Waals surface area contributed by atoms with Gasteiger partial charge in [0.1, 0.15) is 11.3 Å². The number of nitrogens with zero attached hydrogens (tertiary/aromatic N) is 1. The van der Waals surface area contributed by atoms with Gasteiger partial charge in [-0.15, -0.1) is 0 Å². The van der Waals surface area contributed by atoms with Crippen molar-refractivity contribution in [3.8, 4) is 0 Å². The number of hydrogen-bond acceptors (Lipinski definition) is 3. The van der Waals surface area contributed by atoms with Gasteiger partial charge in [-0.05, 0) is 24.3 Å². The lowest BCUT2D eigenvalue weighted by Crippen LogP contribution is -2.11. The van der Waals surface area contributed by atoms with Gasteiger partial charge in [-0.3, -0.25) is 10.1 Å². The Morgan fingerprint density at radius 2 is 1.91 bits per heavy atom. The largest absolute Gasteiger partial charge is 0.298 e. The number of aromatic nitrogens is 1. The summed E-state index contributed by atoms with van der Waals surface area (Å²) in [5, 5.41) is 3.25. The van der Waals surface area contributed by atoms with Crippen molar-refractivity contribution in [3.05, 3.63) is 57.6 Å². The van der Waals surface area contributed by atoms with Crippen LogP contribution in [0, 0.1) is 11.6 Å². The van der Waals surface area contributed by atoms with Crippen LogP contribution in [0.3, 0.4) is 0 Å². The second-order valence-electron chi connectivity index (χ2n) is 4.34. The first-order valence-electron chi connectivity index (χ1n) is 5.96. The van der Waals surface area contributed by atoms with Crippen LogP contribution in [-0.4, -0.2) is 10.9 Å². The second-order valence-corrected chi connectivity index (χ2v) is 6.18. The second kappa shape index (κ2) is 5.79. The third-order valence-electron chi connectivity index (χ3n) is 2.82. The molecule has 0 saturated carbocycles. The van der Waals surface area contributed by atoms with Gasteiger partial charge >= 0.3 is 0 Å². The van der Waals surface area contributed by atoms with E-state index in [2.05, 4.69) is 10.3 Å². The van der Waals surface area contributed by atoms with Crippen LogP contribution in [0.1, 0.15) is 10.4 Å². The Balaban J connectivity index is 1.90. The molecule has 8 heteroatoms. The smallest absolute Gasteiger partial charge is 0.257 e. The van der Waals surface area contributed by atoms with Crippen molar-refractivity contribution in [1.29, 1.82) is 0 Å². The summed E-state index contributed by atoms with van der Waals surface area (Å²) < 4.78 is 27.0. The van der Waals surface area contributed by atoms with Gasteiger partial charge in [0.25, 0.3) is 5.91 Å². The van der Waals surface area contributed by atoms with Crippen LogP contribution in [0.25, 0.3) is 10.2 Å². The number of rotatable bonds is 2. The number of amides is 1. The van der Waals surface area contributed by atoms with E-state index in [-0.39, 0.29) is 21.2 Å². The zero-order chi connectivity index (χ0) is 15.9. The minimum atomic E-state index is -0.777. The Bertz CT molecular complexity index is 898. The summed E-state index contributed by atoms with van der Waals surface area (Å²) in [7, 11) is 0. The van der Waals surface area contributed by atoms with Gasteiger partial charge in [0, 0.05) is 11.6 Å². The van der Waals surface area contributed by atoms with Gasteiger partial charge in [-0.1, -0.05) is 34.5 Å². The molecular formula is C14H6Cl2F2N2OS. The molecule has 3 rings (SSSR count). The van der Waals surface area contributed by atoms with E-state index < -0.39 is 17.5 Å². The summed E-state index contributed by atoms with van der Waals surface area (Å²) in [4.78, 5) is 16.0. The summed E-state index contributed by atoms with van der Waals surface area (Å²) in [6.07, 6.45) is 0. The fraction of sp³-hybridized carbons (Fsp3) is 0. The maximum atomic E-state index is 13.6. The highest BCUT2D eigenvalue weighted by atomic mass is 35.5. The number of carbonyl (C=O) groups is 1. The molecule has 0 unspecified atom stereocenters. The fourth-order valence-electron chi connectivity index (χ4n) is 1.82. The molecule has 1 N–H and O–H groups in total.